The fraction of sp³-hybridized carbons (Fsp3) is 0.667. The number of nitrogens with zero attached hydrogens (tertiary/aromatic N) is 1. The molecular weight excluding hydrogens is 200 g/mol. The van der Waals surface area contributed by atoms with E-state index in [1.165, 1.54) is 28.5 Å². The molecule has 2 nitrogen and oxygen atoms in total. The molecule has 0 saturated carbocycles. The highest BCUT2D eigenvalue weighted by molar-refractivity contribution is 7.98. The van der Waals surface area contributed by atoms with E-state index in [2.05, 4.69) is 17.2 Å². The maximum atomic E-state index is 4.58. The van der Waals surface area contributed by atoms with Crippen LogP contribution in [-0.2, 0) is 12.2 Å². The Kier molecular flexibility index (Phi) is 3.11. The zero-order valence-corrected chi connectivity index (χ0v) is 9.43. The standard InChI is InChI=1S/C9H14N2S2/c1-2-4-10-9-11-7-3-5-12-6-8(7)13-9/h2-6H2,1H3,(H,10,11). The third-order valence-corrected chi connectivity index (χ3v) is 4.24. The summed E-state index contributed by atoms with van der Waals surface area (Å²) in [7, 11) is 0. The fourth-order valence-electron chi connectivity index (χ4n) is 1.33. The lowest BCUT2D eigenvalue weighted by molar-refractivity contribution is 0.966. The predicted octanol–water partition coefficient (Wildman–Crippen LogP) is 2.75. The number of hydrogen-bond donors (Lipinski definition) is 1. The van der Waals surface area contributed by atoms with Gasteiger partial charge in [-0.25, -0.2) is 4.98 Å². The van der Waals surface area contributed by atoms with Crippen LogP contribution in [0.2, 0.25) is 0 Å². The molecular formula is C9H14N2S2. The molecule has 0 spiro atoms. The molecule has 1 N–H and O–H groups in total. The topological polar surface area (TPSA) is 24.9 Å². The zero-order valence-electron chi connectivity index (χ0n) is 7.80. The third kappa shape index (κ3) is 2.17. The van der Waals surface area contributed by atoms with Crippen LogP contribution >= 0.6 is 23.1 Å². The van der Waals surface area contributed by atoms with Crippen LogP contribution in [0.5, 0.6) is 0 Å². The number of thiazole rings is 1. The molecule has 0 aromatic carbocycles. The molecule has 1 aromatic heterocycles. The van der Waals surface area contributed by atoms with Crippen LogP contribution in [-0.4, -0.2) is 17.3 Å². The minimum Gasteiger partial charge on any atom is -0.362 e. The van der Waals surface area contributed by atoms with Gasteiger partial charge in [0.15, 0.2) is 5.13 Å². The van der Waals surface area contributed by atoms with Crippen molar-refractivity contribution in [2.45, 2.75) is 25.5 Å². The average Bonchev–Trinajstić information content (AvgIpc) is 2.57. The summed E-state index contributed by atoms with van der Waals surface area (Å²) >= 11 is 3.85. The van der Waals surface area contributed by atoms with E-state index in [1.807, 2.05) is 23.1 Å². The van der Waals surface area contributed by atoms with E-state index in [0.717, 1.165) is 18.1 Å². The Morgan fingerprint density at radius 1 is 1.54 bits per heavy atom. The van der Waals surface area contributed by atoms with Gasteiger partial charge in [0.1, 0.15) is 0 Å². The first-order valence-corrected chi connectivity index (χ1v) is 6.67. The highest BCUT2D eigenvalue weighted by Gasteiger charge is 2.14. The number of fused-ring (bicyclic) bond motifs is 1. The van der Waals surface area contributed by atoms with E-state index >= 15 is 0 Å². The molecule has 1 aliphatic heterocycles. The summed E-state index contributed by atoms with van der Waals surface area (Å²) in [5, 5.41) is 4.47. The van der Waals surface area contributed by atoms with E-state index < -0.39 is 0 Å². The molecule has 2 rings (SSSR count). The van der Waals surface area contributed by atoms with Gasteiger partial charge < -0.3 is 5.32 Å². The molecule has 0 atom stereocenters. The average molecular weight is 214 g/mol. The minimum atomic E-state index is 1.04. The summed E-state index contributed by atoms with van der Waals surface area (Å²) in [6.07, 6.45) is 2.32. The van der Waals surface area contributed by atoms with Crippen molar-refractivity contribution in [3.63, 3.8) is 0 Å². The van der Waals surface area contributed by atoms with E-state index in [9.17, 15) is 0 Å². The first-order chi connectivity index (χ1) is 6.40. The Morgan fingerprint density at radius 2 is 2.46 bits per heavy atom. The van der Waals surface area contributed by atoms with Gasteiger partial charge in [-0.15, -0.1) is 11.3 Å². The van der Waals surface area contributed by atoms with Crippen molar-refractivity contribution in [1.29, 1.82) is 0 Å². The summed E-state index contributed by atoms with van der Waals surface area (Å²) < 4.78 is 0. The summed E-state index contributed by atoms with van der Waals surface area (Å²) in [6.45, 7) is 3.22. The Bertz CT molecular complexity index is 260. The predicted molar refractivity (Wildman–Crippen MR) is 60.8 cm³/mol. The van der Waals surface area contributed by atoms with E-state index in [-0.39, 0.29) is 0 Å². The van der Waals surface area contributed by atoms with Gasteiger partial charge in [0, 0.05) is 17.2 Å². The van der Waals surface area contributed by atoms with Crippen molar-refractivity contribution >= 4 is 28.2 Å². The number of rotatable bonds is 3. The molecule has 0 aliphatic carbocycles. The number of thioether (sulfide) groups is 1. The first kappa shape index (κ1) is 9.34. The van der Waals surface area contributed by atoms with Crippen molar-refractivity contribution in [3.05, 3.63) is 10.6 Å². The zero-order chi connectivity index (χ0) is 9.10. The normalized spacial score (nSPS) is 15.5. The van der Waals surface area contributed by atoms with Crippen LogP contribution < -0.4 is 5.32 Å². The van der Waals surface area contributed by atoms with Crippen molar-refractivity contribution in [3.8, 4) is 0 Å². The van der Waals surface area contributed by atoms with E-state index in [1.54, 1.807) is 0 Å². The smallest absolute Gasteiger partial charge is 0.183 e. The maximum Gasteiger partial charge on any atom is 0.183 e. The van der Waals surface area contributed by atoms with Gasteiger partial charge in [-0.3, -0.25) is 0 Å². The molecule has 0 unspecified atom stereocenters. The molecule has 0 radical (unpaired) electrons. The molecule has 4 heteroatoms. The Balaban J connectivity index is 2.07. The van der Waals surface area contributed by atoms with Gasteiger partial charge in [-0.1, -0.05) is 6.92 Å². The first-order valence-electron chi connectivity index (χ1n) is 4.70. The van der Waals surface area contributed by atoms with Gasteiger partial charge in [-0.2, -0.15) is 11.8 Å². The number of nitrogens with one attached hydrogen (secondary N) is 1. The third-order valence-electron chi connectivity index (χ3n) is 2.02. The lowest BCUT2D eigenvalue weighted by atomic mass is 10.3. The lowest BCUT2D eigenvalue weighted by Crippen LogP contribution is -2.01. The van der Waals surface area contributed by atoms with E-state index in [4.69, 9.17) is 0 Å². The minimum absolute atomic E-state index is 1.04. The summed E-state index contributed by atoms with van der Waals surface area (Å²) in [5.74, 6) is 2.41. The van der Waals surface area contributed by atoms with Crippen LogP contribution in [0.3, 0.4) is 0 Å². The molecule has 13 heavy (non-hydrogen) atoms. The second kappa shape index (κ2) is 4.33. The Labute approximate surface area is 87.1 Å². The van der Waals surface area contributed by atoms with Crippen molar-refractivity contribution in [2.75, 3.05) is 17.6 Å². The van der Waals surface area contributed by atoms with Crippen LogP contribution in [0.15, 0.2) is 0 Å². The van der Waals surface area contributed by atoms with Crippen molar-refractivity contribution < 1.29 is 0 Å². The van der Waals surface area contributed by atoms with Crippen molar-refractivity contribution in [1.82, 2.24) is 4.98 Å². The number of aryl methyl sites for hydroxylation is 1. The molecule has 72 valence electrons. The molecule has 0 bridgehead atoms. The summed E-state index contributed by atoms with van der Waals surface area (Å²) in [4.78, 5) is 6.06. The van der Waals surface area contributed by atoms with Gasteiger partial charge in [-0.05, 0) is 18.6 Å². The van der Waals surface area contributed by atoms with Crippen LogP contribution in [0.25, 0.3) is 0 Å². The lowest BCUT2D eigenvalue weighted by Gasteiger charge is -2.06. The SMILES string of the molecule is CCCNc1nc2c(s1)CSCC2. The second-order valence-corrected chi connectivity index (χ2v) is 5.31. The molecule has 0 fully saturated rings. The van der Waals surface area contributed by atoms with Gasteiger partial charge in [0.2, 0.25) is 0 Å². The highest BCUT2D eigenvalue weighted by Crippen LogP contribution is 2.31. The molecule has 1 aliphatic rings. The fourth-order valence-corrected chi connectivity index (χ4v) is 3.48. The molecule has 0 saturated heterocycles. The number of anilines is 1. The van der Waals surface area contributed by atoms with Crippen LogP contribution in [0.1, 0.15) is 23.9 Å². The van der Waals surface area contributed by atoms with Crippen molar-refractivity contribution in [2.24, 2.45) is 0 Å². The van der Waals surface area contributed by atoms with E-state index in [0.29, 0.717) is 0 Å². The van der Waals surface area contributed by atoms with Gasteiger partial charge >= 0.3 is 0 Å². The molecule has 2 heterocycles. The molecule has 1 aromatic rings. The Morgan fingerprint density at radius 3 is 3.23 bits per heavy atom. The van der Waals surface area contributed by atoms with Crippen LogP contribution in [0, 0.1) is 0 Å². The number of aromatic nitrogens is 1. The Hall–Kier alpha value is -0.220. The van der Waals surface area contributed by atoms with Gasteiger partial charge in [0.25, 0.3) is 0 Å². The maximum absolute atomic E-state index is 4.58. The van der Waals surface area contributed by atoms with Gasteiger partial charge in [0.05, 0.1) is 5.69 Å². The quantitative estimate of drug-likeness (QED) is 0.837. The second-order valence-electron chi connectivity index (χ2n) is 3.12. The largest absolute Gasteiger partial charge is 0.362 e. The monoisotopic (exact) mass is 214 g/mol. The number of hydrogen-bond acceptors (Lipinski definition) is 4. The highest BCUT2D eigenvalue weighted by atomic mass is 32.2. The molecule has 0 amide bonds. The summed E-state index contributed by atoms with van der Waals surface area (Å²) in [6, 6.07) is 0. The van der Waals surface area contributed by atoms with Crippen LogP contribution in [0.4, 0.5) is 5.13 Å². The summed E-state index contributed by atoms with van der Waals surface area (Å²) in [5.41, 5.74) is 1.34.